The molecule has 170 valence electrons. The molecule has 1 saturated heterocycles. The molecule has 0 bridgehead atoms. The average molecular weight is 476 g/mol. The highest BCUT2D eigenvalue weighted by atomic mass is 35.5. The van der Waals surface area contributed by atoms with E-state index < -0.39 is 29.8 Å². The molecule has 3 amide bonds. The van der Waals surface area contributed by atoms with Gasteiger partial charge in [-0.2, -0.15) is 5.11 Å². The van der Waals surface area contributed by atoms with Gasteiger partial charge in [0.25, 0.3) is 11.8 Å². The number of hydrogen-bond donors (Lipinski definition) is 1. The molecule has 1 fully saturated rings. The molecule has 0 saturated carbocycles. The second-order valence-corrected chi connectivity index (χ2v) is 8.10. The fourth-order valence-electron chi connectivity index (χ4n) is 3.78. The second-order valence-electron chi connectivity index (χ2n) is 7.67. The summed E-state index contributed by atoms with van der Waals surface area (Å²) in [6, 6.07) is 20.6. The zero-order chi connectivity index (χ0) is 23.7. The van der Waals surface area contributed by atoms with Gasteiger partial charge in [-0.3, -0.25) is 19.4 Å². The SMILES string of the molecule is O=C(CN1N=N[C@@H]2C(=O)N(c3ccc(Cl)cc3)C(=O)[C@@H]21)Nc1ccc(Oc2ccccc2)cc1. The Bertz CT molecular complexity index is 1260. The molecule has 3 aromatic rings. The Hall–Kier alpha value is -4.24. The van der Waals surface area contributed by atoms with E-state index in [1.807, 2.05) is 30.3 Å². The van der Waals surface area contributed by atoms with E-state index in [0.717, 1.165) is 4.90 Å². The molecule has 2 atom stereocenters. The van der Waals surface area contributed by atoms with Crippen molar-refractivity contribution < 1.29 is 19.1 Å². The van der Waals surface area contributed by atoms with Gasteiger partial charge in [-0.1, -0.05) is 35.0 Å². The van der Waals surface area contributed by atoms with Crippen molar-refractivity contribution >= 4 is 40.7 Å². The lowest BCUT2D eigenvalue weighted by Gasteiger charge is -2.20. The summed E-state index contributed by atoms with van der Waals surface area (Å²) < 4.78 is 5.74. The first-order chi connectivity index (χ1) is 16.5. The van der Waals surface area contributed by atoms with E-state index in [1.54, 1.807) is 48.5 Å². The Morgan fingerprint density at radius 2 is 1.59 bits per heavy atom. The summed E-state index contributed by atoms with van der Waals surface area (Å²) in [6.07, 6.45) is 0. The van der Waals surface area contributed by atoms with Crippen molar-refractivity contribution in [2.75, 3.05) is 16.8 Å². The zero-order valence-corrected chi connectivity index (χ0v) is 18.4. The lowest BCUT2D eigenvalue weighted by molar-refractivity contribution is -0.123. The molecule has 2 aliphatic heterocycles. The second kappa shape index (κ2) is 8.95. The number of halogens is 1. The van der Waals surface area contributed by atoms with E-state index in [0.29, 0.717) is 27.9 Å². The number of fused-ring (bicyclic) bond motifs is 1. The highest BCUT2D eigenvalue weighted by Gasteiger charge is 2.55. The minimum atomic E-state index is -0.981. The average Bonchev–Trinajstić information content (AvgIpc) is 3.36. The van der Waals surface area contributed by atoms with E-state index in [4.69, 9.17) is 16.3 Å². The van der Waals surface area contributed by atoms with Crippen LogP contribution < -0.4 is 15.0 Å². The standard InChI is InChI=1S/C24H18ClN5O4/c25-15-6-10-17(11-7-15)30-23(32)21-22(24(30)33)29(28-27-21)14-20(31)26-16-8-12-19(13-9-16)34-18-4-2-1-3-5-18/h1-13,21-22H,14H2,(H,26,31)/t21-,22+/m0/s1. The molecule has 3 aromatic carbocycles. The van der Waals surface area contributed by atoms with Crippen LogP contribution in [0.3, 0.4) is 0 Å². The first-order valence-corrected chi connectivity index (χ1v) is 10.8. The third kappa shape index (κ3) is 4.20. The number of carbonyl (C=O) groups is 3. The number of ether oxygens (including phenoxy) is 1. The predicted molar refractivity (Wildman–Crippen MR) is 125 cm³/mol. The molecule has 9 nitrogen and oxygen atoms in total. The summed E-state index contributed by atoms with van der Waals surface area (Å²) in [5, 5.41) is 12.3. The molecular formula is C24H18ClN5O4. The van der Waals surface area contributed by atoms with Gasteiger partial charge >= 0.3 is 0 Å². The fraction of sp³-hybridized carbons (Fsp3) is 0.125. The van der Waals surface area contributed by atoms with Crippen molar-refractivity contribution in [3.8, 4) is 11.5 Å². The number of nitrogens with one attached hydrogen (secondary N) is 1. The van der Waals surface area contributed by atoms with Crippen LogP contribution in [0.1, 0.15) is 0 Å². The van der Waals surface area contributed by atoms with Gasteiger partial charge in [0.1, 0.15) is 18.0 Å². The molecule has 0 aromatic heterocycles. The van der Waals surface area contributed by atoms with Crippen LogP contribution in [0, 0.1) is 0 Å². The normalized spacial score (nSPS) is 18.9. The molecule has 34 heavy (non-hydrogen) atoms. The van der Waals surface area contributed by atoms with E-state index >= 15 is 0 Å². The van der Waals surface area contributed by atoms with Gasteiger partial charge in [0.05, 0.1) is 5.69 Å². The number of para-hydroxylation sites is 1. The quantitative estimate of drug-likeness (QED) is 0.541. The summed E-state index contributed by atoms with van der Waals surface area (Å²) in [5.41, 5.74) is 0.945. The van der Waals surface area contributed by atoms with Gasteiger partial charge in [0, 0.05) is 10.7 Å². The van der Waals surface area contributed by atoms with Crippen molar-refractivity contribution in [2.24, 2.45) is 10.3 Å². The molecule has 0 radical (unpaired) electrons. The van der Waals surface area contributed by atoms with E-state index in [-0.39, 0.29) is 6.54 Å². The third-order valence-electron chi connectivity index (χ3n) is 5.37. The Balaban J connectivity index is 1.22. The number of rotatable bonds is 6. The first-order valence-electron chi connectivity index (χ1n) is 10.4. The molecule has 10 heteroatoms. The van der Waals surface area contributed by atoms with Crippen LogP contribution >= 0.6 is 11.6 Å². The van der Waals surface area contributed by atoms with Crippen LogP contribution in [-0.4, -0.2) is 41.4 Å². The summed E-state index contributed by atoms with van der Waals surface area (Å²) in [4.78, 5) is 39.4. The van der Waals surface area contributed by atoms with Gasteiger partial charge in [0.15, 0.2) is 12.1 Å². The van der Waals surface area contributed by atoms with Gasteiger partial charge in [-0.25, -0.2) is 4.90 Å². The number of hydrogen-bond acceptors (Lipinski definition) is 7. The minimum absolute atomic E-state index is 0.236. The number of benzene rings is 3. The van der Waals surface area contributed by atoms with Crippen molar-refractivity contribution in [3.63, 3.8) is 0 Å². The van der Waals surface area contributed by atoms with Crippen LogP contribution in [0.4, 0.5) is 11.4 Å². The number of amides is 3. The van der Waals surface area contributed by atoms with E-state index in [9.17, 15) is 14.4 Å². The monoisotopic (exact) mass is 475 g/mol. The summed E-state index contributed by atoms with van der Waals surface area (Å²) in [7, 11) is 0. The topological polar surface area (TPSA) is 104 Å². The minimum Gasteiger partial charge on any atom is -0.457 e. The van der Waals surface area contributed by atoms with Crippen LogP contribution in [0.25, 0.3) is 0 Å². The maximum absolute atomic E-state index is 13.0. The third-order valence-corrected chi connectivity index (χ3v) is 5.62. The summed E-state index contributed by atoms with van der Waals surface area (Å²) >= 11 is 5.90. The molecule has 1 N–H and O–H groups in total. The Morgan fingerprint density at radius 1 is 0.912 bits per heavy atom. The van der Waals surface area contributed by atoms with Gasteiger partial charge < -0.3 is 10.1 Å². The highest BCUT2D eigenvalue weighted by molar-refractivity contribution is 6.31. The zero-order valence-electron chi connectivity index (χ0n) is 17.7. The largest absolute Gasteiger partial charge is 0.457 e. The summed E-state index contributed by atoms with van der Waals surface area (Å²) in [5.74, 6) is -0.0496. The highest BCUT2D eigenvalue weighted by Crippen LogP contribution is 2.32. The maximum atomic E-state index is 13.0. The summed E-state index contributed by atoms with van der Waals surface area (Å²) in [6.45, 7) is -0.236. The van der Waals surface area contributed by atoms with Gasteiger partial charge in [0.2, 0.25) is 5.91 Å². The number of imide groups is 1. The molecule has 2 heterocycles. The fourth-order valence-corrected chi connectivity index (χ4v) is 3.90. The van der Waals surface area contributed by atoms with E-state index in [2.05, 4.69) is 15.7 Å². The number of nitrogens with zero attached hydrogens (tertiary/aromatic N) is 4. The van der Waals surface area contributed by atoms with Crippen molar-refractivity contribution in [2.45, 2.75) is 12.1 Å². The lowest BCUT2D eigenvalue weighted by atomic mass is 10.1. The van der Waals surface area contributed by atoms with Crippen molar-refractivity contribution in [1.82, 2.24) is 5.01 Å². The molecule has 5 rings (SSSR count). The van der Waals surface area contributed by atoms with Gasteiger partial charge in [-0.15, -0.1) is 0 Å². The van der Waals surface area contributed by atoms with Crippen molar-refractivity contribution in [1.29, 1.82) is 0 Å². The molecule has 0 unspecified atom stereocenters. The maximum Gasteiger partial charge on any atom is 0.263 e. The molecule has 0 spiro atoms. The number of carbonyl (C=O) groups excluding carboxylic acids is 3. The van der Waals surface area contributed by atoms with Crippen LogP contribution in [0.15, 0.2) is 89.2 Å². The van der Waals surface area contributed by atoms with E-state index in [1.165, 1.54) is 5.01 Å². The number of anilines is 2. The molecule has 2 aliphatic rings. The van der Waals surface area contributed by atoms with Crippen LogP contribution in [0.5, 0.6) is 11.5 Å². The Kier molecular flexibility index (Phi) is 5.69. The Labute approximate surface area is 199 Å². The van der Waals surface area contributed by atoms with Crippen LogP contribution in [-0.2, 0) is 14.4 Å². The smallest absolute Gasteiger partial charge is 0.263 e. The van der Waals surface area contributed by atoms with Gasteiger partial charge in [-0.05, 0) is 60.7 Å². The molecule has 0 aliphatic carbocycles. The van der Waals surface area contributed by atoms with Crippen LogP contribution in [0.2, 0.25) is 5.02 Å². The molecular weight excluding hydrogens is 458 g/mol. The van der Waals surface area contributed by atoms with Crippen molar-refractivity contribution in [3.05, 3.63) is 83.9 Å². The lowest BCUT2D eigenvalue weighted by Crippen LogP contribution is -2.43. The Morgan fingerprint density at radius 3 is 2.29 bits per heavy atom. The predicted octanol–water partition coefficient (Wildman–Crippen LogP) is 4.06. The first kappa shape index (κ1) is 21.6.